The fourth-order valence-electron chi connectivity index (χ4n) is 7.33. The molecule has 0 spiro atoms. The highest BCUT2D eigenvalue weighted by atomic mass is 32.1. The minimum absolute atomic E-state index is 0.0170. The van der Waals surface area contributed by atoms with Gasteiger partial charge in [0.15, 0.2) is 10.5 Å². The zero-order chi connectivity index (χ0) is 36.4. The summed E-state index contributed by atoms with van der Waals surface area (Å²) in [7, 11) is 0. The molecule has 4 aromatic rings. The van der Waals surface area contributed by atoms with Crippen LogP contribution < -0.4 is 16.1 Å². The number of benzene rings is 5. The Hall–Kier alpha value is -5.71. The molecule has 52 heavy (non-hydrogen) atoms. The van der Waals surface area contributed by atoms with Crippen molar-refractivity contribution in [1.82, 2.24) is 4.90 Å². The minimum atomic E-state index is -1.14. The number of rotatable bonds is 10. The molecule has 0 bridgehead atoms. The van der Waals surface area contributed by atoms with E-state index < -0.39 is 5.97 Å². The van der Waals surface area contributed by atoms with Gasteiger partial charge in [-0.2, -0.15) is 0 Å². The lowest BCUT2D eigenvalue weighted by Gasteiger charge is -2.35. The van der Waals surface area contributed by atoms with Gasteiger partial charge in [-0.3, -0.25) is 9.69 Å². The van der Waals surface area contributed by atoms with Gasteiger partial charge in [-0.15, -0.1) is 0 Å². The predicted molar refractivity (Wildman–Crippen MR) is 209 cm³/mol. The van der Waals surface area contributed by atoms with Crippen molar-refractivity contribution in [3.8, 4) is 33.9 Å². The van der Waals surface area contributed by atoms with E-state index in [-0.39, 0.29) is 22.5 Å². The van der Waals surface area contributed by atoms with Crippen LogP contribution in [-0.2, 0) is 19.3 Å². The van der Waals surface area contributed by atoms with Crippen molar-refractivity contribution in [2.45, 2.75) is 45.1 Å². The second-order valence-electron chi connectivity index (χ2n) is 13.3. The van der Waals surface area contributed by atoms with Crippen molar-refractivity contribution >= 4 is 45.6 Å². The van der Waals surface area contributed by atoms with E-state index in [2.05, 4.69) is 40.7 Å². The van der Waals surface area contributed by atoms with E-state index in [0.717, 1.165) is 56.4 Å². The Balaban J connectivity index is 1.03. The number of phenols is 2. The van der Waals surface area contributed by atoms with E-state index in [1.54, 1.807) is 30.3 Å². The highest BCUT2D eigenvalue weighted by Crippen LogP contribution is 2.42. The van der Waals surface area contributed by atoms with Gasteiger partial charge < -0.3 is 30.4 Å². The number of carboxylic acid groups (broad SMARTS) is 1. The number of carboxylic acids is 1. The topological polar surface area (TPSA) is 135 Å². The lowest BCUT2D eigenvalue weighted by Crippen LogP contribution is -2.41. The van der Waals surface area contributed by atoms with E-state index >= 15 is 0 Å². The second-order valence-corrected chi connectivity index (χ2v) is 13.7. The molecule has 264 valence electrons. The van der Waals surface area contributed by atoms with E-state index in [1.807, 2.05) is 18.2 Å². The molecule has 0 aromatic heterocycles. The molecule has 0 fully saturated rings. The van der Waals surface area contributed by atoms with Crippen molar-refractivity contribution in [3.63, 3.8) is 0 Å². The SMILES string of the molecule is CCCN(CCc1ccc(NC(=S)Nc2ccc(-c3c4ccc(=O)cc-4oc4cc(O)ccc34)c(C(=O)O)c2)cc1)C1CCc2c(O)cccc2C1. The third-order valence-corrected chi connectivity index (χ3v) is 10.0. The summed E-state index contributed by atoms with van der Waals surface area (Å²) in [5.41, 5.74) is 6.52. The average Bonchev–Trinajstić information content (AvgIpc) is 3.13. The summed E-state index contributed by atoms with van der Waals surface area (Å²) in [4.78, 5) is 27.3. The van der Waals surface area contributed by atoms with Crippen molar-refractivity contribution < 1.29 is 24.5 Å². The Kier molecular flexibility index (Phi) is 9.93. The maximum absolute atomic E-state index is 12.6. The summed E-state index contributed by atoms with van der Waals surface area (Å²) in [6, 6.07) is 28.4. The Morgan fingerprint density at radius 1 is 0.904 bits per heavy atom. The van der Waals surface area contributed by atoms with Crippen LogP contribution in [0.3, 0.4) is 0 Å². The Labute approximate surface area is 306 Å². The quantitative estimate of drug-likeness (QED) is 0.0697. The van der Waals surface area contributed by atoms with Crippen molar-refractivity contribution in [1.29, 1.82) is 0 Å². The van der Waals surface area contributed by atoms with E-state index in [0.29, 0.717) is 50.3 Å². The van der Waals surface area contributed by atoms with Crippen LogP contribution in [0.1, 0.15) is 46.8 Å². The Morgan fingerprint density at radius 2 is 1.67 bits per heavy atom. The van der Waals surface area contributed by atoms with Gasteiger partial charge >= 0.3 is 5.97 Å². The first kappa shape index (κ1) is 34.7. The van der Waals surface area contributed by atoms with Crippen molar-refractivity contribution in [3.05, 3.63) is 130 Å². The lowest BCUT2D eigenvalue weighted by molar-refractivity contribution is 0.0697. The first-order chi connectivity index (χ1) is 25.2. The van der Waals surface area contributed by atoms with Gasteiger partial charge in [-0.1, -0.05) is 37.3 Å². The van der Waals surface area contributed by atoms with Crippen LogP contribution in [0.4, 0.5) is 11.4 Å². The molecule has 9 nitrogen and oxygen atoms in total. The summed E-state index contributed by atoms with van der Waals surface area (Å²) in [6.45, 7) is 4.20. The number of phenolic OH excluding ortho intramolecular Hbond substituents is 2. The first-order valence-corrected chi connectivity index (χ1v) is 17.9. The summed E-state index contributed by atoms with van der Waals surface area (Å²) in [5, 5.41) is 37.9. The normalized spacial score (nSPS) is 14.0. The smallest absolute Gasteiger partial charge is 0.336 e. The second kappa shape index (κ2) is 14.9. The van der Waals surface area contributed by atoms with Crippen LogP contribution in [0.5, 0.6) is 11.5 Å². The molecule has 1 aliphatic heterocycles. The number of hydrogen-bond donors (Lipinski definition) is 5. The molecule has 0 saturated carbocycles. The van der Waals surface area contributed by atoms with Crippen molar-refractivity contribution in [2.24, 2.45) is 0 Å². The van der Waals surface area contributed by atoms with Crippen LogP contribution >= 0.6 is 12.2 Å². The molecule has 10 heteroatoms. The number of thiocarbonyl (C=S) groups is 1. The van der Waals surface area contributed by atoms with Crippen LogP contribution in [0.25, 0.3) is 33.4 Å². The molecule has 0 amide bonds. The van der Waals surface area contributed by atoms with Gasteiger partial charge in [0.25, 0.3) is 0 Å². The van der Waals surface area contributed by atoms with Crippen LogP contribution in [0.15, 0.2) is 106 Å². The predicted octanol–water partition coefficient (Wildman–Crippen LogP) is 8.30. The number of anilines is 2. The van der Waals surface area contributed by atoms with Gasteiger partial charge in [-0.25, -0.2) is 4.79 Å². The number of carbonyl (C=O) groups is 1. The zero-order valence-corrected chi connectivity index (χ0v) is 29.5. The van der Waals surface area contributed by atoms with Crippen LogP contribution in [-0.4, -0.2) is 50.4 Å². The third-order valence-electron chi connectivity index (χ3n) is 9.81. The highest BCUT2D eigenvalue weighted by Gasteiger charge is 2.26. The van der Waals surface area contributed by atoms with Crippen LogP contribution in [0.2, 0.25) is 0 Å². The zero-order valence-electron chi connectivity index (χ0n) is 28.7. The molecule has 1 heterocycles. The largest absolute Gasteiger partial charge is 0.508 e. The number of hydrogen-bond acceptors (Lipinski definition) is 7. The minimum Gasteiger partial charge on any atom is -0.508 e. The Bertz CT molecular complexity index is 2320. The summed E-state index contributed by atoms with van der Waals surface area (Å²) in [5.74, 6) is -0.459. The molecule has 5 N–H and O–H groups in total. The molecule has 1 atom stereocenters. The number of nitrogens with one attached hydrogen (secondary N) is 2. The summed E-state index contributed by atoms with van der Waals surface area (Å²) < 4.78 is 5.93. The van der Waals surface area contributed by atoms with Gasteiger partial charge in [0, 0.05) is 52.6 Å². The molecular weight excluding hydrogens is 675 g/mol. The molecule has 0 radical (unpaired) electrons. The van der Waals surface area contributed by atoms with Gasteiger partial charge in [0.05, 0.1) is 5.56 Å². The maximum Gasteiger partial charge on any atom is 0.336 e. The summed E-state index contributed by atoms with van der Waals surface area (Å²) >= 11 is 5.60. The third kappa shape index (κ3) is 7.35. The molecule has 4 aromatic carbocycles. The fourth-order valence-corrected chi connectivity index (χ4v) is 7.57. The number of fused-ring (bicyclic) bond motifs is 3. The monoisotopic (exact) mass is 713 g/mol. The van der Waals surface area contributed by atoms with E-state index in [4.69, 9.17) is 16.6 Å². The Morgan fingerprint density at radius 3 is 2.46 bits per heavy atom. The molecule has 3 aliphatic rings. The highest BCUT2D eigenvalue weighted by molar-refractivity contribution is 7.80. The summed E-state index contributed by atoms with van der Waals surface area (Å²) in [6.07, 6.45) is 4.89. The molecule has 7 rings (SSSR count). The number of aromatic carboxylic acids is 1. The van der Waals surface area contributed by atoms with Gasteiger partial charge in [-0.05, 0) is 128 Å². The number of nitrogens with zero attached hydrogens (tertiary/aromatic N) is 1. The van der Waals surface area contributed by atoms with Gasteiger partial charge in [0.2, 0.25) is 0 Å². The van der Waals surface area contributed by atoms with Crippen LogP contribution in [0, 0.1) is 0 Å². The van der Waals surface area contributed by atoms with Gasteiger partial charge in [0.1, 0.15) is 22.8 Å². The molecule has 0 saturated heterocycles. The number of aromatic hydroxyl groups is 2. The average molecular weight is 714 g/mol. The fraction of sp³-hybridized carbons (Fsp3) is 0.214. The van der Waals surface area contributed by atoms with Crippen molar-refractivity contribution in [2.75, 3.05) is 23.7 Å². The van der Waals surface area contributed by atoms with E-state index in [9.17, 15) is 24.9 Å². The van der Waals surface area contributed by atoms with E-state index in [1.165, 1.54) is 41.5 Å². The molecule has 2 aliphatic carbocycles. The first-order valence-electron chi connectivity index (χ1n) is 17.4. The maximum atomic E-state index is 12.6. The molecule has 1 unspecified atom stereocenters. The molecular formula is C42H39N3O6S. The standard InChI is InChI=1S/C42H39N3O6S/c1-2-19-45(29-11-15-32-26(21-29)4-3-5-37(32)48)20-18-25-6-8-27(9-7-25)43-42(52)44-28-10-14-33(36(22-28)41(49)50)40-34-16-12-30(46)23-38(34)51-39-24-31(47)13-17-35(39)40/h3-10,12-14,16-17,22-24,29,46,48H,2,11,15,18-21H2,1H3,(H,49,50)(H2,43,44,52). The lowest BCUT2D eigenvalue weighted by atomic mass is 9.86.